The van der Waals surface area contributed by atoms with Crippen LogP contribution in [0.15, 0.2) is 42.5 Å². The summed E-state index contributed by atoms with van der Waals surface area (Å²) in [5, 5.41) is 3.66. The molecule has 1 atom stereocenters. The van der Waals surface area contributed by atoms with E-state index in [1.54, 1.807) is 6.07 Å². The molecule has 0 saturated carbocycles. The first-order chi connectivity index (χ1) is 11.5. The zero-order chi connectivity index (χ0) is 17.1. The number of carbonyl (C=O) groups is 1. The number of hydrogen-bond donors (Lipinski definition) is 1. The summed E-state index contributed by atoms with van der Waals surface area (Å²) in [4.78, 5) is 14.5. The summed E-state index contributed by atoms with van der Waals surface area (Å²) >= 11 is 6.02. The monoisotopic (exact) mass is 344 g/mol. The van der Waals surface area contributed by atoms with Crippen molar-refractivity contribution in [1.29, 1.82) is 0 Å². The summed E-state index contributed by atoms with van der Waals surface area (Å²) in [5.41, 5.74) is 3.21. The molecule has 1 N–H and O–H groups in total. The van der Waals surface area contributed by atoms with Crippen molar-refractivity contribution in [3.05, 3.63) is 58.6 Å². The number of hydrogen-bond acceptors (Lipinski definition) is 3. The molecule has 0 fully saturated rings. The van der Waals surface area contributed by atoms with E-state index in [0.717, 1.165) is 22.6 Å². The Balaban J connectivity index is 1.57. The van der Waals surface area contributed by atoms with Gasteiger partial charge in [-0.1, -0.05) is 23.7 Å². The zero-order valence-corrected chi connectivity index (χ0v) is 14.6. The summed E-state index contributed by atoms with van der Waals surface area (Å²) < 4.78 is 5.68. The van der Waals surface area contributed by atoms with Gasteiger partial charge in [-0.25, -0.2) is 0 Å². The Morgan fingerprint density at radius 3 is 2.71 bits per heavy atom. The number of carbonyl (C=O) groups excluding carboxylic acids is 1. The average molecular weight is 345 g/mol. The molecule has 126 valence electrons. The minimum absolute atomic E-state index is 0.0114. The third-order valence-corrected chi connectivity index (χ3v) is 4.45. The van der Waals surface area contributed by atoms with Crippen LogP contribution in [0.4, 0.5) is 5.69 Å². The maximum Gasteiger partial charge on any atom is 0.227 e. The van der Waals surface area contributed by atoms with Gasteiger partial charge in [0.25, 0.3) is 0 Å². The molecular formula is C19H21ClN2O2. The van der Waals surface area contributed by atoms with Gasteiger partial charge in [0.1, 0.15) is 12.4 Å². The highest BCUT2D eigenvalue weighted by Crippen LogP contribution is 2.29. The molecule has 2 aromatic rings. The van der Waals surface area contributed by atoms with Crippen LogP contribution in [0.1, 0.15) is 11.1 Å². The van der Waals surface area contributed by atoms with Crippen molar-refractivity contribution in [3.63, 3.8) is 0 Å². The molecule has 0 radical (unpaired) electrons. The van der Waals surface area contributed by atoms with E-state index in [9.17, 15) is 4.79 Å². The van der Waals surface area contributed by atoms with Gasteiger partial charge in [-0.05, 0) is 47.9 Å². The Labute approximate surface area is 147 Å². The fourth-order valence-electron chi connectivity index (χ4n) is 2.78. The summed E-state index contributed by atoms with van der Waals surface area (Å²) in [7, 11) is 4.01. The van der Waals surface area contributed by atoms with Crippen molar-refractivity contribution < 1.29 is 9.53 Å². The normalized spacial score (nSPS) is 16.0. The van der Waals surface area contributed by atoms with E-state index in [4.69, 9.17) is 16.3 Å². The number of nitrogens with one attached hydrogen (secondary N) is 1. The van der Waals surface area contributed by atoms with Gasteiger partial charge in [-0.3, -0.25) is 4.79 Å². The van der Waals surface area contributed by atoms with Crippen molar-refractivity contribution in [1.82, 2.24) is 5.32 Å². The Morgan fingerprint density at radius 2 is 2.00 bits per heavy atom. The molecule has 4 nitrogen and oxygen atoms in total. The molecule has 1 aliphatic heterocycles. The number of ether oxygens (including phenoxy) is 1. The van der Waals surface area contributed by atoms with E-state index in [-0.39, 0.29) is 11.8 Å². The van der Waals surface area contributed by atoms with Crippen LogP contribution in [0.25, 0.3) is 0 Å². The molecule has 1 heterocycles. The van der Waals surface area contributed by atoms with Crippen LogP contribution in [0, 0.1) is 5.92 Å². The van der Waals surface area contributed by atoms with Crippen LogP contribution in [-0.4, -0.2) is 26.6 Å². The minimum Gasteiger partial charge on any atom is -0.492 e. The van der Waals surface area contributed by atoms with Crippen molar-refractivity contribution in [2.24, 2.45) is 5.92 Å². The molecule has 24 heavy (non-hydrogen) atoms. The number of fused-ring (bicyclic) bond motifs is 1. The molecule has 1 unspecified atom stereocenters. The highest BCUT2D eigenvalue weighted by molar-refractivity contribution is 6.30. The Kier molecular flexibility index (Phi) is 4.95. The third kappa shape index (κ3) is 3.82. The molecule has 0 aromatic heterocycles. The van der Waals surface area contributed by atoms with Gasteiger partial charge in [0.05, 0.1) is 5.92 Å². The summed E-state index contributed by atoms with van der Waals surface area (Å²) in [6.07, 6.45) is 0.654. The van der Waals surface area contributed by atoms with Gasteiger partial charge in [-0.2, -0.15) is 0 Å². The quantitative estimate of drug-likeness (QED) is 0.925. The van der Waals surface area contributed by atoms with Crippen LogP contribution in [0.2, 0.25) is 5.02 Å². The van der Waals surface area contributed by atoms with Gasteiger partial charge >= 0.3 is 0 Å². The second kappa shape index (κ2) is 7.14. The number of benzene rings is 2. The fraction of sp³-hybridized carbons (Fsp3) is 0.316. The number of amides is 1. The minimum atomic E-state index is -0.183. The second-order valence-electron chi connectivity index (χ2n) is 6.24. The van der Waals surface area contributed by atoms with Crippen molar-refractivity contribution in [2.45, 2.75) is 13.0 Å². The topological polar surface area (TPSA) is 41.6 Å². The Bertz CT molecular complexity index is 729. The molecule has 1 amide bonds. The molecule has 0 bridgehead atoms. The highest BCUT2D eigenvalue weighted by atomic mass is 35.5. The average Bonchev–Trinajstić information content (AvgIpc) is 2.59. The third-order valence-electron chi connectivity index (χ3n) is 4.22. The molecule has 0 spiro atoms. The van der Waals surface area contributed by atoms with E-state index >= 15 is 0 Å². The van der Waals surface area contributed by atoms with Gasteiger partial charge in [0.15, 0.2) is 0 Å². The van der Waals surface area contributed by atoms with Crippen LogP contribution < -0.4 is 15.0 Å². The lowest BCUT2D eigenvalue weighted by Crippen LogP contribution is -2.37. The SMILES string of the molecule is CN(C)c1ccc(CNC(=O)C2COc3ccc(Cl)cc3C2)cc1. The van der Waals surface area contributed by atoms with E-state index in [1.807, 2.05) is 55.4 Å². The zero-order valence-electron chi connectivity index (χ0n) is 13.9. The number of anilines is 1. The van der Waals surface area contributed by atoms with E-state index in [0.29, 0.717) is 24.6 Å². The smallest absolute Gasteiger partial charge is 0.227 e. The van der Waals surface area contributed by atoms with E-state index < -0.39 is 0 Å². The molecule has 2 aromatic carbocycles. The van der Waals surface area contributed by atoms with Gasteiger partial charge < -0.3 is 15.0 Å². The lowest BCUT2D eigenvalue weighted by molar-refractivity contribution is -0.126. The predicted molar refractivity (Wildman–Crippen MR) is 96.8 cm³/mol. The number of halogens is 1. The summed E-state index contributed by atoms with van der Waals surface area (Å²) in [6, 6.07) is 13.7. The molecule has 1 aliphatic rings. The van der Waals surface area contributed by atoms with Crippen LogP contribution in [-0.2, 0) is 17.8 Å². The first-order valence-corrected chi connectivity index (χ1v) is 8.36. The van der Waals surface area contributed by atoms with Crippen molar-refractivity contribution in [2.75, 3.05) is 25.6 Å². The van der Waals surface area contributed by atoms with Gasteiger partial charge in [0.2, 0.25) is 5.91 Å². The molecule has 5 heteroatoms. The molecule has 3 rings (SSSR count). The molecule has 0 saturated heterocycles. The van der Waals surface area contributed by atoms with Crippen molar-refractivity contribution in [3.8, 4) is 5.75 Å². The van der Waals surface area contributed by atoms with E-state index in [2.05, 4.69) is 5.32 Å². The van der Waals surface area contributed by atoms with Crippen LogP contribution in [0.5, 0.6) is 5.75 Å². The summed E-state index contributed by atoms with van der Waals surface area (Å²) in [6.45, 7) is 0.922. The number of rotatable bonds is 4. The first-order valence-electron chi connectivity index (χ1n) is 7.98. The summed E-state index contributed by atoms with van der Waals surface area (Å²) in [5.74, 6) is 0.650. The lowest BCUT2D eigenvalue weighted by atomic mass is 9.96. The Morgan fingerprint density at radius 1 is 1.25 bits per heavy atom. The lowest BCUT2D eigenvalue weighted by Gasteiger charge is -2.24. The largest absolute Gasteiger partial charge is 0.492 e. The first kappa shape index (κ1) is 16.7. The Hall–Kier alpha value is -2.20. The van der Waals surface area contributed by atoms with Crippen molar-refractivity contribution >= 4 is 23.2 Å². The van der Waals surface area contributed by atoms with Gasteiger partial charge in [-0.15, -0.1) is 0 Å². The molecular weight excluding hydrogens is 324 g/mol. The highest BCUT2D eigenvalue weighted by Gasteiger charge is 2.25. The standard InChI is InChI=1S/C19H21ClN2O2/c1-22(2)17-6-3-13(4-7-17)11-21-19(23)15-9-14-10-16(20)5-8-18(14)24-12-15/h3-8,10,15H,9,11-12H2,1-2H3,(H,21,23). The van der Waals surface area contributed by atoms with Gasteiger partial charge in [0, 0.05) is 31.4 Å². The van der Waals surface area contributed by atoms with E-state index in [1.165, 1.54) is 0 Å². The maximum atomic E-state index is 12.4. The maximum absolute atomic E-state index is 12.4. The number of nitrogens with zero attached hydrogens (tertiary/aromatic N) is 1. The predicted octanol–water partition coefficient (Wildman–Crippen LogP) is 3.27. The van der Waals surface area contributed by atoms with Crippen LogP contribution in [0.3, 0.4) is 0 Å². The van der Waals surface area contributed by atoms with Crippen LogP contribution >= 0.6 is 11.6 Å². The fourth-order valence-corrected chi connectivity index (χ4v) is 2.97. The molecule has 0 aliphatic carbocycles. The second-order valence-corrected chi connectivity index (χ2v) is 6.68.